The maximum atomic E-state index is 12.3. The number of H-pyrrole nitrogens is 1. The first kappa shape index (κ1) is 16.1. The van der Waals surface area contributed by atoms with E-state index in [0.29, 0.717) is 6.54 Å². The molecule has 0 aliphatic rings. The molecular formula is C20H19N5O. The molecule has 0 spiro atoms. The Balaban J connectivity index is 1.39. The highest BCUT2D eigenvalue weighted by Crippen LogP contribution is 2.17. The number of para-hydroxylation sites is 1. The van der Waals surface area contributed by atoms with Gasteiger partial charge in [0.1, 0.15) is 6.33 Å². The number of aromatic amines is 1. The quantitative estimate of drug-likeness (QED) is 0.584. The van der Waals surface area contributed by atoms with Crippen LogP contribution in [-0.2, 0) is 6.42 Å². The molecule has 0 aliphatic carbocycles. The standard InChI is InChI=1S/C20H19N5O/c1-14-5-4-6-16(11-14)25-13-23-19(24-25)20(26)21-10-9-15-12-22-18-8-3-2-7-17(15)18/h2-8,11-13,22H,9-10H2,1H3,(H,21,26). The molecular weight excluding hydrogens is 326 g/mol. The van der Waals surface area contributed by atoms with E-state index in [1.54, 1.807) is 11.0 Å². The molecule has 0 atom stereocenters. The van der Waals surface area contributed by atoms with E-state index in [2.05, 4.69) is 26.4 Å². The summed E-state index contributed by atoms with van der Waals surface area (Å²) in [5.41, 5.74) is 4.30. The predicted octanol–water partition coefficient (Wildman–Crippen LogP) is 3.03. The molecule has 2 aromatic carbocycles. The first-order valence-corrected chi connectivity index (χ1v) is 8.52. The molecule has 0 aliphatic heterocycles. The topological polar surface area (TPSA) is 75.6 Å². The maximum absolute atomic E-state index is 12.3. The van der Waals surface area contributed by atoms with E-state index in [0.717, 1.165) is 23.2 Å². The summed E-state index contributed by atoms with van der Waals surface area (Å²) in [5, 5.41) is 8.35. The molecule has 130 valence electrons. The number of nitrogens with zero attached hydrogens (tertiary/aromatic N) is 3. The van der Waals surface area contributed by atoms with Crippen molar-refractivity contribution in [1.29, 1.82) is 0 Å². The zero-order valence-electron chi connectivity index (χ0n) is 14.4. The van der Waals surface area contributed by atoms with Gasteiger partial charge < -0.3 is 10.3 Å². The van der Waals surface area contributed by atoms with Gasteiger partial charge in [0.15, 0.2) is 0 Å². The van der Waals surface area contributed by atoms with Crippen LogP contribution in [0.4, 0.5) is 0 Å². The van der Waals surface area contributed by atoms with Gasteiger partial charge in [-0.1, -0.05) is 30.3 Å². The van der Waals surface area contributed by atoms with Gasteiger partial charge in [-0.2, -0.15) is 0 Å². The minimum Gasteiger partial charge on any atom is -0.361 e. The van der Waals surface area contributed by atoms with Crippen molar-refractivity contribution < 1.29 is 4.79 Å². The summed E-state index contributed by atoms with van der Waals surface area (Å²) in [5.74, 6) is -0.0957. The second kappa shape index (κ2) is 6.84. The van der Waals surface area contributed by atoms with E-state index < -0.39 is 0 Å². The molecule has 26 heavy (non-hydrogen) atoms. The third-order valence-electron chi connectivity index (χ3n) is 4.32. The van der Waals surface area contributed by atoms with Crippen molar-refractivity contribution in [2.45, 2.75) is 13.3 Å². The van der Waals surface area contributed by atoms with Gasteiger partial charge in [0, 0.05) is 23.6 Å². The highest BCUT2D eigenvalue weighted by atomic mass is 16.2. The lowest BCUT2D eigenvalue weighted by Gasteiger charge is -2.03. The SMILES string of the molecule is Cc1cccc(-n2cnc(C(=O)NCCc3c[nH]c4ccccc34)n2)c1. The number of fused-ring (bicyclic) bond motifs is 1. The molecule has 6 nitrogen and oxygen atoms in total. The minimum atomic E-state index is -0.267. The number of hydrogen-bond donors (Lipinski definition) is 2. The molecule has 0 unspecified atom stereocenters. The number of carbonyl (C=O) groups excluding carboxylic acids is 1. The Morgan fingerprint density at radius 2 is 2.08 bits per heavy atom. The molecule has 0 fully saturated rings. The van der Waals surface area contributed by atoms with Crippen LogP contribution in [0.3, 0.4) is 0 Å². The van der Waals surface area contributed by atoms with E-state index in [1.165, 1.54) is 10.9 Å². The summed E-state index contributed by atoms with van der Waals surface area (Å²) in [6.07, 6.45) is 4.29. The fourth-order valence-electron chi connectivity index (χ4n) is 2.99. The van der Waals surface area contributed by atoms with Crippen molar-refractivity contribution in [3.8, 4) is 5.69 Å². The van der Waals surface area contributed by atoms with Crippen molar-refractivity contribution >= 4 is 16.8 Å². The van der Waals surface area contributed by atoms with Crippen molar-refractivity contribution in [3.63, 3.8) is 0 Å². The molecule has 0 saturated carbocycles. The van der Waals surface area contributed by atoms with Crippen LogP contribution in [-0.4, -0.2) is 32.2 Å². The smallest absolute Gasteiger partial charge is 0.290 e. The Kier molecular flexibility index (Phi) is 4.23. The third-order valence-corrected chi connectivity index (χ3v) is 4.32. The van der Waals surface area contributed by atoms with Crippen LogP contribution in [0.15, 0.2) is 61.1 Å². The van der Waals surface area contributed by atoms with E-state index in [1.807, 2.05) is 55.6 Å². The van der Waals surface area contributed by atoms with Gasteiger partial charge in [-0.3, -0.25) is 4.79 Å². The minimum absolute atomic E-state index is 0.172. The normalized spacial score (nSPS) is 11.0. The van der Waals surface area contributed by atoms with Crippen molar-refractivity contribution in [2.75, 3.05) is 6.54 Å². The van der Waals surface area contributed by atoms with Gasteiger partial charge in [0.25, 0.3) is 5.91 Å². The fraction of sp³-hybridized carbons (Fsp3) is 0.150. The summed E-state index contributed by atoms with van der Waals surface area (Å²) in [7, 11) is 0. The van der Waals surface area contributed by atoms with Gasteiger partial charge in [0.2, 0.25) is 5.82 Å². The number of rotatable bonds is 5. The molecule has 1 amide bonds. The molecule has 2 N–H and O–H groups in total. The summed E-state index contributed by atoms with van der Waals surface area (Å²) in [6, 6.07) is 16.0. The van der Waals surface area contributed by atoms with Crippen molar-refractivity contribution in [1.82, 2.24) is 25.1 Å². The van der Waals surface area contributed by atoms with E-state index in [9.17, 15) is 4.79 Å². The average molecular weight is 345 g/mol. The van der Waals surface area contributed by atoms with Crippen LogP contribution in [0, 0.1) is 6.92 Å². The zero-order chi connectivity index (χ0) is 17.9. The van der Waals surface area contributed by atoms with E-state index in [-0.39, 0.29) is 11.7 Å². The summed E-state index contributed by atoms with van der Waals surface area (Å²) >= 11 is 0. The van der Waals surface area contributed by atoms with Gasteiger partial charge in [-0.15, -0.1) is 5.10 Å². The molecule has 2 aromatic heterocycles. The molecule has 0 saturated heterocycles. The number of nitrogens with one attached hydrogen (secondary N) is 2. The van der Waals surface area contributed by atoms with Crippen LogP contribution in [0.5, 0.6) is 0 Å². The summed E-state index contributed by atoms with van der Waals surface area (Å²) < 4.78 is 1.61. The summed E-state index contributed by atoms with van der Waals surface area (Å²) in [4.78, 5) is 19.7. The van der Waals surface area contributed by atoms with E-state index >= 15 is 0 Å². The monoisotopic (exact) mass is 345 g/mol. The molecule has 4 rings (SSSR count). The number of carbonyl (C=O) groups is 1. The number of aryl methyl sites for hydroxylation is 1. The van der Waals surface area contributed by atoms with Crippen LogP contribution >= 0.6 is 0 Å². The van der Waals surface area contributed by atoms with Crippen LogP contribution in [0.1, 0.15) is 21.7 Å². The molecule has 0 bridgehead atoms. The molecule has 6 heteroatoms. The fourth-order valence-corrected chi connectivity index (χ4v) is 2.99. The lowest BCUT2D eigenvalue weighted by molar-refractivity contribution is 0.0944. The van der Waals surface area contributed by atoms with Gasteiger partial charge in [-0.05, 0) is 42.7 Å². The third kappa shape index (κ3) is 3.21. The second-order valence-electron chi connectivity index (χ2n) is 6.22. The lowest BCUT2D eigenvalue weighted by Crippen LogP contribution is -2.26. The van der Waals surface area contributed by atoms with E-state index in [4.69, 9.17) is 0 Å². The van der Waals surface area contributed by atoms with Crippen molar-refractivity contribution in [2.24, 2.45) is 0 Å². The largest absolute Gasteiger partial charge is 0.361 e. The Morgan fingerprint density at radius 3 is 2.96 bits per heavy atom. The molecule has 2 heterocycles. The number of hydrogen-bond acceptors (Lipinski definition) is 3. The molecule has 0 radical (unpaired) electrons. The lowest BCUT2D eigenvalue weighted by atomic mass is 10.1. The van der Waals surface area contributed by atoms with Crippen LogP contribution in [0.2, 0.25) is 0 Å². The Labute approximate surface area is 150 Å². The van der Waals surface area contributed by atoms with Gasteiger partial charge in [0.05, 0.1) is 5.69 Å². The van der Waals surface area contributed by atoms with Crippen molar-refractivity contribution in [3.05, 3.63) is 78.0 Å². The number of aromatic nitrogens is 4. The van der Waals surface area contributed by atoms with Crippen LogP contribution < -0.4 is 5.32 Å². The highest BCUT2D eigenvalue weighted by molar-refractivity contribution is 5.90. The van der Waals surface area contributed by atoms with Gasteiger partial charge >= 0.3 is 0 Å². The Morgan fingerprint density at radius 1 is 1.19 bits per heavy atom. The first-order valence-electron chi connectivity index (χ1n) is 8.52. The molecule has 4 aromatic rings. The van der Waals surface area contributed by atoms with Crippen LogP contribution in [0.25, 0.3) is 16.6 Å². The summed E-state index contributed by atoms with van der Waals surface area (Å²) in [6.45, 7) is 2.54. The highest BCUT2D eigenvalue weighted by Gasteiger charge is 2.12. The number of benzene rings is 2. The second-order valence-corrected chi connectivity index (χ2v) is 6.22. The predicted molar refractivity (Wildman–Crippen MR) is 100 cm³/mol. The van der Waals surface area contributed by atoms with Gasteiger partial charge in [-0.25, -0.2) is 9.67 Å². The average Bonchev–Trinajstić information content (AvgIpc) is 3.29. The zero-order valence-corrected chi connectivity index (χ0v) is 14.4. The number of amides is 1. The maximum Gasteiger partial charge on any atom is 0.290 e. The Bertz CT molecular complexity index is 1060. The first-order chi connectivity index (χ1) is 12.7. The Hall–Kier alpha value is -3.41.